The number of hydrogen-bond acceptors (Lipinski definition) is 3. The average molecular weight is 241 g/mol. The van der Waals surface area contributed by atoms with E-state index in [0.717, 1.165) is 18.7 Å². The van der Waals surface area contributed by atoms with Crippen molar-refractivity contribution < 1.29 is 8.42 Å². The highest BCUT2D eigenvalue weighted by Crippen LogP contribution is 2.15. The third-order valence-electron chi connectivity index (χ3n) is 2.37. The van der Waals surface area contributed by atoms with E-state index in [-0.39, 0.29) is 0 Å². The van der Waals surface area contributed by atoms with E-state index >= 15 is 0 Å². The molecule has 0 saturated carbocycles. The highest BCUT2D eigenvalue weighted by molar-refractivity contribution is 7.90. The van der Waals surface area contributed by atoms with E-state index in [4.69, 9.17) is 0 Å². The lowest BCUT2D eigenvalue weighted by molar-refractivity contribution is 0.602. The standard InChI is InChI=1S/C12H19NO2S/c1-3-4-5-9-13-11-7-6-8-12(10-11)16(2,14)15/h6-8,10,13H,3-5,9H2,1-2H3. The molecule has 0 bridgehead atoms. The molecule has 0 atom stereocenters. The fourth-order valence-electron chi connectivity index (χ4n) is 1.44. The summed E-state index contributed by atoms with van der Waals surface area (Å²) in [5.41, 5.74) is 0.874. The Morgan fingerprint density at radius 1 is 1.25 bits per heavy atom. The number of nitrogens with one attached hydrogen (secondary N) is 1. The second-order valence-corrected chi connectivity index (χ2v) is 5.95. The van der Waals surface area contributed by atoms with E-state index in [1.54, 1.807) is 18.2 Å². The van der Waals surface area contributed by atoms with E-state index in [1.807, 2.05) is 6.07 Å². The minimum absolute atomic E-state index is 0.369. The quantitative estimate of drug-likeness (QED) is 0.779. The lowest BCUT2D eigenvalue weighted by atomic mass is 10.2. The largest absolute Gasteiger partial charge is 0.385 e. The van der Waals surface area contributed by atoms with Gasteiger partial charge >= 0.3 is 0 Å². The molecule has 16 heavy (non-hydrogen) atoms. The third kappa shape index (κ3) is 4.23. The minimum atomic E-state index is -3.10. The van der Waals surface area contributed by atoms with E-state index in [9.17, 15) is 8.42 Å². The van der Waals surface area contributed by atoms with Gasteiger partial charge in [0, 0.05) is 18.5 Å². The Morgan fingerprint density at radius 3 is 2.62 bits per heavy atom. The maximum atomic E-state index is 11.3. The first-order valence-electron chi connectivity index (χ1n) is 5.58. The number of rotatable bonds is 6. The van der Waals surface area contributed by atoms with Crippen molar-refractivity contribution in [3.8, 4) is 0 Å². The topological polar surface area (TPSA) is 46.2 Å². The maximum Gasteiger partial charge on any atom is 0.175 e. The minimum Gasteiger partial charge on any atom is -0.385 e. The van der Waals surface area contributed by atoms with Gasteiger partial charge in [0.1, 0.15) is 0 Å². The van der Waals surface area contributed by atoms with Crippen molar-refractivity contribution in [2.24, 2.45) is 0 Å². The SMILES string of the molecule is CCCCCNc1cccc(S(C)(=O)=O)c1. The summed E-state index contributed by atoms with van der Waals surface area (Å²) in [4.78, 5) is 0.369. The zero-order chi connectivity index (χ0) is 12.0. The van der Waals surface area contributed by atoms with Crippen molar-refractivity contribution in [2.75, 3.05) is 18.1 Å². The van der Waals surface area contributed by atoms with Crippen molar-refractivity contribution >= 4 is 15.5 Å². The molecule has 0 aliphatic heterocycles. The van der Waals surface area contributed by atoms with Crippen LogP contribution in [0, 0.1) is 0 Å². The van der Waals surface area contributed by atoms with Gasteiger partial charge in [0.15, 0.2) is 9.84 Å². The molecule has 3 nitrogen and oxygen atoms in total. The number of benzene rings is 1. The van der Waals surface area contributed by atoms with E-state index in [2.05, 4.69) is 12.2 Å². The first kappa shape index (κ1) is 13.0. The molecule has 1 rings (SSSR count). The summed E-state index contributed by atoms with van der Waals surface area (Å²) in [6.45, 7) is 3.05. The molecule has 0 radical (unpaired) electrons. The molecule has 0 amide bonds. The zero-order valence-electron chi connectivity index (χ0n) is 9.86. The normalized spacial score (nSPS) is 11.4. The van der Waals surface area contributed by atoms with Crippen LogP contribution in [0.25, 0.3) is 0 Å². The molecule has 4 heteroatoms. The maximum absolute atomic E-state index is 11.3. The first-order chi connectivity index (χ1) is 7.54. The molecule has 0 unspecified atom stereocenters. The monoisotopic (exact) mass is 241 g/mol. The lowest BCUT2D eigenvalue weighted by Gasteiger charge is -2.07. The molecule has 0 aliphatic carbocycles. The molecule has 0 spiro atoms. The third-order valence-corrected chi connectivity index (χ3v) is 3.48. The van der Waals surface area contributed by atoms with Gasteiger partial charge in [0.05, 0.1) is 4.90 Å². The van der Waals surface area contributed by atoms with Crippen molar-refractivity contribution in [1.29, 1.82) is 0 Å². The molecule has 1 aromatic rings. The molecule has 1 N–H and O–H groups in total. The number of anilines is 1. The van der Waals surface area contributed by atoms with Gasteiger partial charge in [0.2, 0.25) is 0 Å². The average Bonchev–Trinajstić information content (AvgIpc) is 2.24. The van der Waals surface area contributed by atoms with Gasteiger partial charge in [-0.2, -0.15) is 0 Å². The fraction of sp³-hybridized carbons (Fsp3) is 0.500. The highest BCUT2D eigenvalue weighted by Gasteiger charge is 2.06. The second kappa shape index (κ2) is 5.89. The molecule has 1 aromatic carbocycles. The van der Waals surface area contributed by atoms with Gasteiger partial charge in [-0.05, 0) is 24.6 Å². The van der Waals surface area contributed by atoms with Crippen LogP contribution in [0.5, 0.6) is 0 Å². The number of hydrogen-bond donors (Lipinski definition) is 1. The smallest absolute Gasteiger partial charge is 0.175 e. The van der Waals surface area contributed by atoms with Crippen LogP contribution in [0.2, 0.25) is 0 Å². The van der Waals surface area contributed by atoms with Crippen molar-refractivity contribution in [2.45, 2.75) is 31.1 Å². The Morgan fingerprint density at radius 2 is 2.00 bits per heavy atom. The van der Waals surface area contributed by atoms with Crippen LogP contribution < -0.4 is 5.32 Å². The van der Waals surface area contributed by atoms with Gasteiger partial charge in [-0.15, -0.1) is 0 Å². The molecule has 0 aromatic heterocycles. The Kier molecular flexibility index (Phi) is 4.80. The van der Waals surface area contributed by atoms with Gasteiger partial charge < -0.3 is 5.32 Å². The van der Waals surface area contributed by atoms with Gasteiger partial charge in [0.25, 0.3) is 0 Å². The number of sulfone groups is 1. The molecule has 0 saturated heterocycles. The van der Waals surface area contributed by atoms with Crippen LogP contribution in [0.3, 0.4) is 0 Å². The van der Waals surface area contributed by atoms with E-state index in [0.29, 0.717) is 4.90 Å². The first-order valence-corrected chi connectivity index (χ1v) is 7.47. The molecule has 0 fully saturated rings. The summed E-state index contributed by atoms with van der Waals surface area (Å²) >= 11 is 0. The van der Waals surface area contributed by atoms with Crippen molar-refractivity contribution in [1.82, 2.24) is 0 Å². The Balaban J connectivity index is 2.62. The summed E-state index contributed by atoms with van der Waals surface area (Å²) in [5, 5.41) is 3.23. The Bertz CT molecular complexity index is 426. The molecule has 0 heterocycles. The van der Waals surface area contributed by atoms with E-state index < -0.39 is 9.84 Å². The molecule has 90 valence electrons. The van der Waals surface area contributed by atoms with Crippen LogP contribution in [-0.4, -0.2) is 21.2 Å². The highest BCUT2D eigenvalue weighted by atomic mass is 32.2. The molecular formula is C12H19NO2S. The van der Waals surface area contributed by atoms with Crippen LogP contribution >= 0.6 is 0 Å². The van der Waals surface area contributed by atoms with Crippen LogP contribution in [0.4, 0.5) is 5.69 Å². The zero-order valence-corrected chi connectivity index (χ0v) is 10.7. The Labute approximate surface area is 97.8 Å². The van der Waals surface area contributed by atoms with Gasteiger partial charge in [-0.1, -0.05) is 25.8 Å². The van der Waals surface area contributed by atoms with Gasteiger partial charge in [-0.3, -0.25) is 0 Å². The summed E-state index contributed by atoms with van der Waals surface area (Å²) in [5.74, 6) is 0. The Hall–Kier alpha value is -1.03. The van der Waals surface area contributed by atoms with Crippen molar-refractivity contribution in [3.05, 3.63) is 24.3 Å². The van der Waals surface area contributed by atoms with Crippen LogP contribution in [0.15, 0.2) is 29.2 Å². The predicted molar refractivity (Wildman–Crippen MR) is 67.6 cm³/mol. The second-order valence-electron chi connectivity index (χ2n) is 3.93. The summed E-state index contributed by atoms with van der Waals surface area (Å²) in [6, 6.07) is 6.95. The molecule has 0 aliphatic rings. The van der Waals surface area contributed by atoms with Crippen LogP contribution in [0.1, 0.15) is 26.2 Å². The van der Waals surface area contributed by atoms with Crippen LogP contribution in [-0.2, 0) is 9.84 Å². The van der Waals surface area contributed by atoms with Crippen molar-refractivity contribution in [3.63, 3.8) is 0 Å². The number of unbranched alkanes of at least 4 members (excludes halogenated alkanes) is 2. The summed E-state index contributed by atoms with van der Waals surface area (Å²) in [7, 11) is -3.10. The fourth-order valence-corrected chi connectivity index (χ4v) is 2.11. The lowest BCUT2D eigenvalue weighted by Crippen LogP contribution is -2.03. The molecular weight excluding hydrogens is 222 g/mol. The van der Waals surface area contributed by atoms with E-state index in [1.165, 1.54) is 19.1 Å². The predicted octanol–water partition coefficient (Wildman–Crippen LogP) is 2.69. The summed E-state index contributed by atoms with van der Waals surface area (Å²) < 4.78 is 22.7. The summed E-state index contributed by atoms with van der Waals surface area (Å²) in [6.07, 6.45) is 4.71. The van der Waals surface area contributed by atoms with Gasteiger partial charge in [-0.25, -0.2) is 8.42 Å².